The van der Waals surface area contributed by atoms with Crippen LogP contribution in [0.3, 0.4) is 0 Å². The molecule has 1 amide bonds. The van der Waals surface area contributed by atoms with E-state index in [-0.39, 0.29) is 18.5 Å². The molecule has 0 radical (unpaired) electrons. The van der Waals surface area contributed by atoms with Crippen molar-refractivity contribution >= 4 is 34.5 Å². The molecule has 3 rings (SSSR count). The molecule has 0 bridgehead atoms. The van der Waals surface area contributed by atoms with Crippen molar-refractivity contribution in [3.05, 3.63) is 81.0 Å². The van der Waals surface area contributed by atoms with Gasteiger partial charge in [-0.05, 0) is 41.6 Å². The monoisotopic (exact) mass is 415 g/mol. The van der Waals surface area contributed by atoms with Crippen LogP contribution >= 0.6 is 22.9 Å². The van der Waals surface area contributed by atoms with Crippen LogP contribution in [0.1, 0.15) is 29.0 Å². The molecule has 2 aromatic carbocycles. The predicted molar refractivity (Wildman–Crippen MR) is 115 cm³/mol. The third kappa shape index (κ3) is 5.13. The highest BCUT2D eigenvalue weighted by molar-refractivity contribution is 7.10. The van der Waals surface area contributed by atoms with Gasteiger partial charge in [0, 0.05) is 10.6 Å². The van der Waals surface area contributed by atoms with Gasteiger partial charge in [0.1, 0.15) is 11.8 Å². The van der Waals surface area contributed by atoms with E-state index in [1.54, 1.807) is 36.6 Å². The van der Waals surface area contributed by atoms with Crippen molar-refractivity contribution < 1.29 is 14.8 Å². The van der Waals surface area contributed by atoms with Gasteiger partial charge in [0.15, 0.2) is 6.54 Å². The number of methoxy groups -OCH3 is 1. The zero-order valence-electron chi connectivity index (χ0n) is 15.9. The van der Waals surface area contributed by atoms with E-state index < -0.39 is 0 Å². The van der Waals surface area contributed by atoms with Crippen molar-refractivity contribution in [3.63, 3.8) is 0 Å². The standard InChI is InChI=1S/C22H23ClN2O2S/c1-3-15-6-8-16(9-7-15)22(20-5-4-12-28-20)24-14-21(26)25-18-13-17(23)10-11-19(18)27-2/h4-13,22,24H,3,14H2,1-2H3,(H,25,26)/p+1/t22-/m0/s1. The number of quaternary nitrogens is 1. The molecule has 0 saturated heterocycles. The van der Waals surface area contributed by atoms with Crippen LogP contribution in [-0.2, 0) is 11.2 Å². The van der Waals surface area contributed by atoms with Crippen molar-refractivity contribution in [1.82, 2.24) is 0 Å². The van der Waals surface area contributed by atoms with E-state index in [0.29, 0.717) is 16.5 Å². The fourth-order valence-electron chi connectivity index (χ4n) is 3.05. The maximum atomic E-state index is 12.6. The normalized spacial score (nSPS) is 11.8. The zero-order chi connectivity index (χ0) is 19.9. The quantitative estimate of drug-likeness (QED) is 0.577. The van der Waals surface area contributed by atoms with E-state index in [1.165, 1.54) is 16.0 Å². The molecule has 0 saturated carbocycles. The molecule has 1 aromatic heterocycles. The second-order valence-corrected chi connectivity index (χ2v) is 7.84. The number of hydrogen-bond donors (Lipinski definition) is 2. The molecule has 1 atom stereocenters. The fraction of sp³-hybridized carbons (Fsp3) is 0.227. The Bertz CT molecular complexity index is 911. The van der Waals surface area contributed by atoms with Crippen LogP contribution in [-0.4, -0.2) is 19.6 Å². The third-order valence-corrected chi connectivity index (χ3v) is 5.76. The Balaban J connectivity index is 1.71. The van der Waals surface area contributed by atoms with Crippen LogP contribution in [0.2, 0.25) is 5.02 Å². The lowest BCUT2D eigenvalue weighted by atomic mass is 10.0. The molecule has 28 heavy (non-hydrogen) atoms. The number of amides is 1. The summed E-state index contributed by atoms with van der Waals surface area (Å²) in [5.41, 5.74) is 3.07. The van der Waals surface area contributed by atoms with E-state index in [1.807, 2.05) is 6.07 Å². The second kappa shape index (κ2) is 9.73. The molecule has 4 nitrogen and oxygen atoms in total. The number of rotatable bonds is 8. The van der Waals surface area contributed by atoms with Gasteiger partial charge >= 0.3 is 0 Å². The van der Waals surface area contributed by atoms with E-state index >= 15 is 0 Å². The molecule has 3 aromatic rings. The van der Waals surface area contributed by atoms with Gasteiger partial charge in [-0.1, -0.05) is 48.9 Å². The number of thiophene rings is 1. The molecule has 0 fully saturated rings. The third-order valence-electron chi connectivity index (χ3n) is 4.57. The molecule has 0 aliphatic heterocycles. The summed E-state index contributed by atoms with van der Waals surface area (Å²) >= 11 is 7.74. The molecule has 146 valence electrons. The lowest BCUT2D eigenvalue weighted by Gasteiger charge is -2.16. The van der Waals surface area contributed by atoms with Gasteiger partial charge < -0.3 is 15.4 Å². The molecule has 1 heterocycles. The Hall–Kier alpha value is -2.34. The Labute approximate surface area is 174 Å². The summed E-state index contributed by atoms with van der Waals surface area (Å²) in [7, 11) is 1.57. The summed E-state index contributed by atoms with van der Waals surface area (Å²) in [4.78, 5) is 13.8. The Morgan fingerprint density at radius 2 is 2.00 bits per heavy atom. The van der Waals surface area contributed by atoms with Crippen LogP contribution in [0.4, 0.5) is 5.69 Å². The smallest absolute Gasteiger partial charge is 0.279 e. The van der Waals surface area contributed by atoms with Gasteiger partial charge in [-0.2, -0.15) is 0 Å². The number of halogens is 1. The van der Waals surface area contributed by atoms with Crippen molar-refractivity contribution in [1.29, 1.82) is 0 Å². The summed E-state index contributed by atoms with van der Waals surface area (Å²) in [6.45, 7) is 2.43. The van der Waals surface area contributed by atoms with Gasteiger partial charge in [-0.15, -0.1) is 11.3 Å². The summed E-state index contributed by atoms with van der Waals surface area (Å²) in [5.74, 6) is 0.481. The van der Waals surface area contributed by atoms with Gasteiger partial charge in [-0.25, -0.2) is 0 Å². The first-order chi connectivity index (χ1) is 13.6. The number of benzene rings is 2. The highest BCUT2D eigenvalue weighted by Gasteiger charge is 2.20. The number of hydrogen-bond acceptors (Lipinski definition) is 3. The number of carbonyl (C=O) groups is 1. The van der Waals surface area contributed by atoms with Crippen molar-refractivity contribution in [2.24, 2.45) is 0 Å². The molecule has 6 heteroatoms. The highest BCUT2D eigenvalue weighted by Crippen LogP contribution is 2.27. The Morgan fingerprint density at radius 3 is 2.64 bits per heavy atom. The Morgan fingerprint density at radius 1 is 1.21 bits per heavy atom. The SMILES string of the molecule is CCc1ccc([C@H]([NH2+]CC(=O)Nc2cc(Cl)ccc2OC)c2cccs2)cc1. The average molecular weight is 416 g/mol. The number of ether oxygens (including phenoxy) is 1. The maximum Gasteiger partial charge on any atom is 0.279 e. The van der Waals surface area contributed by atoms with Crippen LogP contribution in [0, 0.1) is 0 Å². The number of anilines is 1. The predicted octanol–water partition coefficient (Wildman–Crippen LogP) is 4.26. The second-order valence-electron chi connectivity index (χ2n) is 6.42. The van der Waals surface area contributed by atoms with Gasteiger partial charge in [0.05, 0.1) is 17.7 Å². The molecule has 0 spiro atoms. The average Bonchev–Trinajstić information content (AvgIpc) is 3.23. The first-order valence-electron chi connectivity index (χ1n) is 9.19. The highest BCUT2D eigenvalue weighted by atomic mass is 35.5. The molecule has 0 aliphatic rings. The van der Waals surface area contributed by atoms with Crippen LogP contribution in [0.25, 0.3) is 0 Å². The minimum atomic E-state index is -0.104. The van der Waals surface area contributed by atoms with Crippen molar-refractivity contribution in [2.45, 2.75) is 19.4 Å². The van der Waals surface area contributed by atoms with Crippen LogP contribution < -0.4 is 15.4 Å². The number of carbonyl (C=O) groups excluding carboxylic acids is 1. The van der Waals surface area contributed by atoms with E-state index in [2.05, 4.69) is 53.3 Å². The number of aryl methyl sites for hydroxylation is 1. The minimum absolute atomic E-state index is 0.0814. The first-order valence-corrected chi connectivity index (χ1v) is 10.5. The van der Waals surface area contributed by atoms with E-state index in [0.717, 1.165) is 6.42 Å². The largest absolute Gasteiger partial charge is 0.495 e. The minimum Gasteiger partial charge on any atom is -0.495 e. The lowest BCUT2D eigenvalue weighted by Crippen LogP contribution is -2.87. The lowest BCUT2D eigenvalue weighted by molar-refractivity contribution is -0.675. The topological polar surface area (TPSA) is 54.9 Å². The molecule has 0 unspecified atom stereocenters. The Kier molecular flexibility index (Phi) is 7.09. The first kappa shape index (κ1) is 20.4. The van der Waals surface area contributed by atoms with E-state index in [9.17, 15) is 4.79 Å². The maximum absolute atomic E-state index is 12.6. The van der Waals surface area contributed by atoms with E-state index in [4.69, 9.17) is 16.3 Å². The number of nitrogens with two attached hydrogens (primary N) is 1. The molecular formula is C22H24ClN2O2S+. The zero-order valence-corrected chi connectivity index (χ0v) is 17.5. The molecule has 3 N–H and O–H groups in total. The fourth-order valence-corrected chi connectivity index (χ4v) is 4.07. The number of nitrogens with one attached hydrogen (secondary N) is 1. The molecule has 0 aliphatic carbocycles. The van der Waals surface area contributed by atoms with Crippen molar-refractivity contribution in [2.75, 3.05) is 19.0 Å². The summed E-state index contributed by atoms with van der Waals surface area (Å²) in [6.07, 6.45) is 1.01. The summed E-state index contributed by atoms with van der Waals surface area (Å²) in [6, 6.07) is 18.0. The van der Waals surface area contributed by atoms with Crippen molar-refractivity contribution in [3.8, 4) is 5.75 Å². The summed E-state index contributed by atoms with van der Waals surface area (Å²) < 4.78 is 5.29. The van der Waals surface area contributed by atoms with Crippen LogP contribution in [0.15, 0.2) is 60.0 Å². The van der Waals surface area contributed by atoms with Crippen LogP contribution in [0.5, 0.6) is 5.75 Å². The van der Waals surface area contributed by atoms with Gasteiger partial charge in [0.25, 0.3) is 5.91 Å². The molecular weight excluding hydrogens is 392 g/mol. The summed E-state index contributed by atoms with van der Waals surface area (Å²) in [5, 5.41) is 7.56. The van der Waals surface area contributed by atoms with Gasteiger partial charge in [-0.3, -0.25) is 4.79 Å². The van der Waals surface area contributed by atoms with Gasteiger partial charge in [0.2, 0.25) is 0 Å².